The van der Waals surface area contributed by atoms with Crippen molar-refractivity contribution in [1.82, 2.24) is 5.32 Å². The second kappa shape index (κ2) is 7.93. The quantitative estimate of drug-likeness (QED) is 0.860. The number of thioether (sulfide) groups is 1. The Hall–Kier alpha value is -0.510. The number of benzene rings is 1. The Bertz CT molecular complexity index is 383. The topological polar surface area (TPSA) is 21.3 Å². The lowest BCUT2D eigenvalue weighted by atomic mass is 9.94. The molecule has 1 aromatic rings. The smallest absolute Gasteiger partial charge is 0.0716 e. The summed E-state index contributed by atoms with van der Waals surface area (Å²) in [6.45, 7) is 1.67. The molecule has 1 fully saturated rings. The van der Waals surface area contributed by atoms with E-state index in [4.69, 9.17) is 4.74 Å². The summed E-state index contributed by atoms with van der Waals surface area (Å²) in [6.07, 6.45) is 7.63. The molecule has 0 bridgehead atoms. The van der Waals surface area contributed by atoms with Crippen molar-refractivity contribution < 1.29 is 4.74 Å². The van der Waals surface area contributed by atoms with Gasteiger partial charge in [0.2, 0.25) is 0 Å². The summed E-state index contributed by atoms with van der Waals surface area (Å²) < 4.78 is 5.26. The number of hydrogen-bond acceptors (Lipinski definition) is 3. The molecule has 2 atom stereocenters. The van der Waals surface area contributed by atoms with Gasteiger partial charge in [-0.2, -0.15) is 11.8 Å². The van der Waals surface area contributed by atoms with E-state index in [1.54, 1.807) is 7.11 Å². The molecule has 0 amide bonds. The lowest BCUT2D eigenvalue weighted by Crippen LogP contribution is -2.34. The Morgan fingerprint density at radius 3 is 2.79 bits per heavy atom. The lowest BCUT2D eigenvalue weighted by Gasteiger charge is -2.29. The highest BCUT2D eigenvalue weighted by atomic mass is 32.2. The van der Waals surface area contributed by atoms with Gasteiger partial charge < -0.3 is 10.1 Å². The first-order valence-corrected chi connectivity index (χ1v) is 8.44. The molecule has 106 valence electrons. The Kier molecular flexibility index (Phi) is 6.21. The van der Waals surface area contributed by atoms with Gasteiger partial charge in [-0.15, -0.1) is 0 Å². The van der Waals surface area contributed by atoms with Crippen LogP contribution in [-0.2, 0) is 17.9 Å². The number of methoxy groups -OCH3 is 1. The molecule has 0 spiro atoms. The molecule has 3 heteroatoms. The molecule has 0 aromatic heterocycles. The molecular weight excluding hydrogens is 254 g/mol. The van der Waals surface area contributed by atoms with Crippen molar-refractivity contribution in [3.8, 4) is 0 Å². The first-order valence-electron chi connectivity index (χ1n) is 7.15. The Balaban J connectivity index is 1.87. The third kappa shape index (κ3) is 4.51. The van der Waals surface area contributed by atoms with Crippen LogP contribution in [0.5, 0.6) is 0 Å². The molecule has 2 nitrogen and oxygen atoms in total. The van der Waals surface area contributed by atoms with Crippen molar-refractivity contribution in [2.24, 2.45) is 0 Å². The average Bonchev–Trinajstić information content (AvgIpc) is 2.47. The van der Waals surface area contributed by atoms with Crippen LogP contribution >= 0.6 is 11.8 Å². The van der Waals surface area contributed by atoms with E-state index in [1.165, 1.54) is 36.8 Å². The second-order valence-corrected chi connectivity index (χ2v) is 6.44. The molecule has 0 radical (unpaired) electrons. The minimum atomic E-state index is 0.682. The van der Waals surface area contributed by atoms with Gasteiger partial charge in [0.1, 0.15) is 0 Å². The van der Waals surface area contributed by atoms with Crippen molar-refractivity contribution >= 4 is 11.8 Å². The highest BCUT2D eigenvalue weighted by Crippen LogP contribution is 2.27. The second-order valence-electron chi connectivity index (χ2n) is 5.30. The van der Waals surface area contributed by atoms with Crippen LogP contribution in [0.15, 0.2) is 24.3 Å². The van der Waals surface area contributed by atoms with Crippen LogP contribution in [0.4, 0.5) is 0 Å². The highest BCUT2D eigenvalue weighted by molar-refractivity contribution is 7.99. The van der Waals surface area contributed by atoms with E-state index >= 15 is 0 Å². The fourth-order valence-electron chi connectivity index (χ4n) is 2.82. The lowest BCUT2D eigenvalue weighted by molar-refractivity contribution is 0.184. The van der Waals surface area contributed by atoms with Crippen LogP contribution in [0.25, 0.3) is 0 Å². The Labute approximate surface area is 121 Å². The zero-order valence-electron chi connectivity index (χ0n) is 12.0. The molecule has 1 aromatic carbocycles. The van der Waals surface area contributed by atoms with E-state index in [2.05, 4.69) is 35.8 Å². The van der Waals surface area contributed by atoms with E-state index < -0.39 is 0 Å². The van der Waals surface area contributed by atoms with E-state index in [9.17, 15) is 0 Å². The summed E-state index contributed by atoms with van der Waals surface area (Å²) in [7, 11) is 1.76. The number of rotatable bonds is 6. The summed E-state index contributed by atoms with van der Waals surface area (Å²) in [5.74, 6) is 0. The van der Waals surface area contributed by atoms with Gasteiger partial charge in [-0.05, 0) is 36.6 Å². The van der Waals surface area contributed by atoms with Gasteiger partial charge in [-0.1, -0.05) is 30.7 Å². The summed E-state index contributed by atoms with van der Waals surface area (Å²) in [5.41, 5.74) is 2.67. The molecule has 1 N–H and O–H groups in total. The van der Waals surface area contributed by atoms with Crippen molar-refractivity contribution in [3.05, 3.63) is 35.4 Å². The van der Waals surface area contributed by atoms with Gasteiger partial charge in [-0.3, -0.25) is 0 Å². The van der Waals surface area contributed by atoms with Crippen molar-refractivity contribution in [3.63, 3.8) is 0 Å². The predicted molar refractivity (Wildman–Crippen MR) is 83.6 cm³/mol. The average molecular weight is 279 g/mol. The minimum absolute atomic E-state index is 0.682. The molecule has 19 heavy (non-hydrogen) atoms. The maximum atomic E-state index is 5.26. The molecule has 0 aliphatic heterocycles. The summed E-state index contributed by atoms with van der Waals surface area (Å²) in [5, 5.41) is 4.58. The molecular formula is C16H25NOS. The molecule has 1 aliphatic rings. The van der Waals surface area contributed by atoms with Gasteiger partial charge in [0.25, 0.3) is 0 Å². The molecule has 2 rings (SSSR count). The molecule has 1 saturated carbocycles. The van der Waals surface area contributed by atoms with E-state index in [0.29, 0.717) is 12.6 Å². The summed E-state index contributed by atoms with van der Waals surface area (Å²) in [4.78, 5) is 0. The van der Waals surface area contributed by atoms with Crippen molar-refractivity contribution in [2.75, 3.05) is 13.4 Å². The van der Waals surface area contributed by atoms with Crippen LogP contribution in [-0.4, -0.2) is 24.7 Å². The molecule has 2 unspecified atom stereocenters. The largest absolute Gasteiger partial charge is 0.380 e. The maximum absolute atomic E-state index is 5.26. The first-order chi connectivity index (χ1) is 9.33. The zero-order valence-corrected chi connectivity index (χ0v) is 12.8. The summed E-state index contributed by atoms with van der Waals surface area (Å²) >= 11 is 2.02. The SMILES string of the molecule is COCc1ccccc1CNC1CCCC(SC)C1. The number of ether oxygens (including phenoxy) is 1. The fraction of sp³-hybridized carbons (Fsp3) is 0.625. The van der Waals surface area contributed by atoms with Gasteiger partial charge in [0.05, 0.1) is 6.61 Å². The molecule has 0 heterocycles. The van der Waals surface area contributed by atoms with Crippen molar-refractivity contribution in [1.29, 1.82) is 0 Å². The monoisotopic (exact) mass is 279 g/mol. The number of hydrogen-bond donors (Lipinski definition) is 1. The highest BCUT2D eigenvalue weighted by Gasteiger charge is 2.20. The van der Waals surface area contributed by atoms with Gasteiger partial charge in [-0.25, -0.2) is 0 Å². The van der Waals surface area contributed by atoms with Crippen molar-refractivity contribution in [2.45, 2.75) is 50.1 Å². The van der Waals surface area contributed by atoms with E-state index in [1.807, 2.05) is 11.8 Å². The summed E-state index contributed by atoms with van der Waals surface area (Å²) in [6, 6.07) is 9.24. The first kappa shape index (κ1) is 14.9. The molecule has 0 saturated heterocycles. The van der Waals surface area contributed by atoms with Crippen LogP contribution < -0.4 is 5.32 Å². The Morgan fingerprint density at radius 1 is 1.26 bits per heavy atom. The van der Waals surface area contributed by atoms with Gasteiger partial charge in [0.15, 0.2) is 0 Å². The third-order valence-corrected chi connectivity index (χ3v) is 5.05. The fourth-order valence-corrected chi connectivity index (χ4v) is 3.65. The Morgan fingerprint density at radius 2 is 2.05 bits per heavy atom. The van der Waals surface area contributed by atoms with E-state index in [-0.39, 0.29) is 0 Å². The van der Waals surface area contributed by atoms with Crippen LogP contribution in [0.1, 0.15) is 36.8 Å². The zero-order chi connectivity index (χ0) is 13.5. The van der Waals surface area contributed by atoms with Crippen LogP contribution in [0.3, 0.4) is 0 Å². The third-order valence-electron chi connectivity index (χ3n) is 3.96. The van der Waals surface area contributed by atoms with Crippen LogP contribution in [0.2, 0.25) is 0 Å². The normalized spacial score (nSPS) is 23.5. The van der Waals surface area contributed by atoms with Crippen LogP contribution in [0, 0.1) is 0 Å². The standard InChI is InChI=1S/C16H25NOS/c1-18-12-14-7-4-3-6-13(14)11-17-15-8-5-9-16(10-15)19-2/h3-4,6-7,15-17H,5,8-12H2,1-2H3. The predicted octanol–water partition coefficient (Wildman–Crippen LogP) is 3.60. The van der Waals surface area contributed by atoms with E-state index in [0.717, 1.165) is 11.8 Å². The number of nitrogens with one attached hydrogen (secondary N) is 1. The van der Waals surface area contributed by atoms with Gasteiger partial charge >= 0.3 is 0 Å². The minimum Gasteiger partial charge on any atom is -0.380 e. The molecule has 1 aliphatic carbocycles. The van der Waals surface area contributed by atoms with Gasteiger partial charge in [0, 0.05) is 24.9 Å². The maximum Gasteiger partial charge on any atom is 0.0716 e.